The molecule has 0 radical (unpaired) electrons. The van der Waals surface area contributed by atoms with Crippen molar-refractivity contribution in [2.24, 2.45) is 0 Å². The van der Waals surface area contributed by atoms with Crippen LogP contribution in [0.1, 0.15) is 28.7 Å². The Morgan fingerprint density at radius 1 is 0.886 bits per heavy atom. The number of anilines is 1. The predicted molar refractivity (Wildman–Crippen MR) is 148 cm³/mol. The van der Waals surface area contributed by atoms with E-state index in [1.165, 1.54) is 60.6 Å². The molecule has 174 valence electrons. The zero-order valence-corrected chi connectivity index (χ0v) is 20.0. The first-order valence-corrected chi connectivity index (χ1v) is 12.9. The quantitative estimate of drug-likeness (QED) is 0.348. The third-order valence-electron chi connectivity index (χ3n) is 7.85. The van der Waals surface area contributed by atoms with Crippen LogP contribution in [0, 0.1) is 0 Å². The highest BCUT2D eigenvalue weighted by Gasteiger charge is 2.21. The van der Waals surface area contributed by atoms with Gasteiger partial charge in [-0.3, -0.25) is 4.90 Å². The summed E-state index contributed by atoms with van der Waals surface area (Å²) in [6, 6.07) is 24.7. The Labute approximate surface area is 206 Å². The van der Waals surface area contributed by atoms with E-state index in [1.807, 2.05) is 0 Å². The summed E-state index contributed by atoms with van der Waals surface area (Å²) in [4.78, 5) is 2.53. The SMILES string of the molecule is C1=C(CCN2CCOCC2)c2ccccc2/C1=C/c1ccc2c3c(cc4ccccc4c13)CCN2. The van der Waals surface area contributed by atoms with Gasteiger partial charge in [0.1, 0.15) is 0 Å². The number of fused-ring (bicyclic) bond motifs is 3. The van der Waals surface area contributed by atoms with E-state index < -0.39 is 0 Å². The molecule has 0 saturated carbocycles. The predicted octanol–water partition coefficient (Wildman–Crippen LogP) is 6.62. The number of nitrogens with one attached hydrogen (secondary N) is 1. The highest BCUT2D eigenvalue weighted by Crippen LogP contribution is 2.42. The maximum absolute atomic E-state index is 5.54. The molecule has 7 rings (SSSR count). The van der Waals surface area contributed by atoms with Gasteiger partial charge in [0, 0.05) is 37.3 Å². The standard InChI is InChI=1S/C32H30N2O/c1-2-8-29-22(5-1)19-25-11-13-33-30-10-9-24(31(29)32(25)30)21-26-20-23(27-6-3-4-7-28(26)27)12-14-34-15-17-35-18-16-34/h1-10,19-21,33H,11-18H2/b26-21+. The van der Waals surface area contributed by atoms with Gasteiger partial charge in [0.2, 0.25) is 0 Å². The van der Waals surface area contributed by atoms with Gasteiger partial charge in [-0.25, -0.2) is 0 Å². The molecule has 1 N–H and O–H groups in total. The second-order valence-electron chi connectivity index (χ2n) is 9.90. The minimum Gasteiger partial charge on any atom is -0.384 e. The van der Waals surface area contributed by atoms with Crippen LogP contribution in [0.4, 0.5) is 5.69 Å². The lowest BCUT2D eigenvalue weighted by atomic mass is 9.89. The number of benzene rings is 4. The van der Waals surface area contributed by atoms with Gasteiger partial charge in [0.15, 0.2) is 0 Å². The number of allylic oxidation sites excluding steroid dienone is 2. The van der Waals surface area contributed by atoms with Crippen LogP contribution >= 0.6 is 0 Å². The van der Waals surface area contributed by atoms with Gasteiger partial charge < -0.3 is 10.1 Å². The average Bonchev–Trinajstić information content (AvgIpc) is 3.26. The van der Waals surface area contributed by atoms with Crippen molar-refractivity contribution in [2.75, 3.05) is 44.7 Å². The van der Waals surface area contributed by atoms with Crippen molar-refractivity contribution in [3.05, 3.63) is 95.1 Å². The Hall–Kier alpha value is -3.40. The number of hydrogen-bond donors (Lipinski definition) is 1. The minimum absolute atomic E-state index is 0.856. The summed E-state index contributed by atoms with van der Waals surface area (Å²) in [6.45, 7) is 5.89. The van der Waals surface area contributed by atoms with E-state index in [0.29, 0.717) is 0 Å². The monoisotopic (exact) mass is 458 g/mol. The van der Waals surface area contributed by atoms with E-state index in [1.54, 1.807) is 0 Å². The van der Waals surface area contributed by atoms with Crippen LogP contribution in [0.5, 0.6) is 0 Å². The van der Waals surface area contributed by atoms with E-state index in [9.17, 15) is 0 Å². The molecule has 1 saturated heterocycles. The minimum atomic E-state index is 0.856. The molecule has 4 aromatic rings. The van der Waals surface area contributed by atoms with Crippen molar-refractivity contribution >= 4 is 44.5 Å². The molecule has 0 amide bonds. The van der Waals surface area contributed by atoms with Gasteiger partial charge in [0.05, 0.1) is 13.2 Å². The molecule has 3 heteroatoms. The lowest BCUT2D eigenvalue weighted by Crippen LogP contribution is -2.36. The van der Waals surface area contributed by atoms with Gasteiger partial charge in [-0.05, 0) is 74.5 Å². The Bertz CT molecular complexity index is 1510. The third-order valence-corrected chi connectivity index (χ3v) is 7.85. The third kappa shape index (κ3) is 3.67. The Balaban J connectivity index is 1.35. The Kier molecular flexibility index (Phi) is 5.19. The molecule has 1 fully saturated rings. The van der Waals surface area contributed by atoms with Crippen molar-refractivity contribution in [3.8, 4) is 0 Å². The first kappa shape index (κ1) is 20.9. The van der Waals surface area contributed by atoms with Crippen molar-refractivity contribution in [2.45, 2.75) is 12.8 Å². The molecule has 0 spiro atoms. The topological polar surface area (TPSA) is 24.5 Å². The summed E-state index contributed by atoms with van der Waals surface area (Å²) in [7, 11) is 0. The van der Waals surface area contributed by atoms with Gasteiger partial charge in [-0.15, -0.1) is 0 Å². The fourth-order valence-corrected chi connectivity index (χ4v) is 6.10. The summed E-state index contributed by atoms with van der Waals surface area (Å²) in [6.07, 6.45) is 7.00. The van der Waals surface area contributed by atoms with Crippen LogP contribution in [-0.2, 0) is 11.2 Å². The number of hydrogen-bond acceptors (Lipinski definition) is 3. The zero-order valence-electron chi connectivity index (χ0n) is 20.0. The number of ether oxygens (including phenoxy) is 1. The summed E-state index contributed by atoms with van der Waals surface area (Å²) in [5.41, 5.74) is 9.55. The highest BCUT2D eigenvalue weighted by atomic mass is 16.5. The van der Waals surface area contributed by atoms with Crippen LogP contribution < -0.4 is 5.32 Å². The largest absolute Gasteiger partial charge is 0.384 e. The number of nitrogens with zero attached hydrogens (tertiary/aromatic N) is 1. The van der Waals surface area contributed by atoms with Gasteiger partial charge in [-0.1, -0.05) is 66.7 Å². The first-order chi connectivity index (χ1) is 17.3. The van der Waals surface area contributed by atoms with Crippen molar-refractivity contribution in [1.82, 2.24) is 4.90 Å². The molecule has 4 aromatic carbocycles. The fraction of sp³-hybridized carbons (Fsp3) is 0.250. The zero-order chi connectivity index (χ0) is 23.2. The van der Waals surface area contributed by atoms with Crippen LogP contribution in [-0.4, -0.2) is 44.3 Å². The Morgan fingerprint density at radius 3 is 2.63 bits per heavy atom. The van der Waals surface area contributed by atoms with Crippen molar-refractivity contribution < 1.29 is 4.74 Å². The van der Waals surface area contributed by atoms with Crippen LogP contribution in [0.3, 0.4) is 0 Å². The highest BCUT2D eigenvalue weighted by molar-refractivity contribution is 6.18. The molecule has 0 unspecified atom stereocenters. The van der Waals surface area contributed by atoms with E-state index in [-0.39, 0.29) is 0 Å². The van der Waals surface area contributed by atoms with Crippen LogP contribution in [0.2, 0.25) is 0 Å². The maximum Gasteiger partial charge on any atom is 0.0594 e. The normalized spacial score (nSPS) is 18.6. The molecule has 1 aliphatic carbocycles. The van der Waals surface area contributed by atoms with Crippen molar-refractivity contribution in [3.63, 3.8) is 0 Å². The molecule has 2 heterocycles. The number of rotatable bonds is 4. The molecule has 35 heavy (non-hydrogen) atoms. The molecular weight excluding hydrogens is 428 g/mol. The molecule has 3 nitrogen and oxygen atoms in total. The van der Waals surface area contributed by atoms with E-state index in [4.69, 9.17) is 4.74 Å². The summed E-state index contributed by atoms with van der Waals surface area (Å²) in [5, 5.41) is 9.08. The lowest BCUT2D eigenvalue weighted by Gasteiger charge is -2.26. The Morgan fingerprint density at radius 2 is 1.71 bits per heavy atom. The second kappa shape index (κ2) is 8.67. The van der Waals surface area contributed by atoms with Crippen LogP contribution in [0.15, 0.2) is 72.8 Å². The molecular formula is C32H30N2O. The molecule has 2 aliphatic heterocycles. The first-order valence-electron chi connectivity index (χ1n) is 12.9. The fourth-order valence-electron chi connectivity index (χ4n) is 6.10. The van der Waals surface area contributed by atoms with E-state index >= 15 is 0 Å². The van der Waals surface area contributed by atoms with Crippen molar-refractivity contribution in [1.29, 1.82) is 0 Å². The van der Waals surface area contributed by atoms with Gasteiger partial charge in [-0.2, -0.15) is 0 Å². The summed E-state index contributed by atoms with van der Waals surface area (Å²) < 4.78 is 5.54. The molecule has 0 atom stereocenters. The van der Waals surface area contributed by atoms with Crippen LogP contribution in [0.25, 0.3) is 38.8 Å². The lowest BCUT2D eigenvalue weighted by molar-refractivity contribution is 0.0390. The van der Waals surface area contributed by atoms with E-state index in [0.717, 1.165) is 52.2 Å². The van der Waals surface area contributed by atoms with Gasteiger partial charge >= 0.3 is 0 Å². The van der Waals surface area contributed by atoms with Gasteiger partial charge in [0.25, 0.3) is 0 Å². The molecule has 3 aliphatic rings. The summed E-state index contributed by atoms with van der Waals surface area (Å²) in [5.74, 6) is 0. The van der Waals surface area contributed by atoms with E-state index in [2.05, 4.69) is 89.1 Å². The summed E-state index contributed by atoms with van der Waals surface area (Å²) >= 11 is 0. The smallest absolute Gasteiger partial charge is 0.0594 e. The molecule has 0 bridgehead atoms. The number of morpholine rings is 1. The maximum atomic E-state index is 5.54. The molecule has 0 aromatic heterocycles. The average molecular weight is 459 g/mol. The second-order valence-corrected chi connectivity index (χ2v) is 9.90.